The Hall–Kier alpha value is -3.73. The molecule has 5 heteroatoms. The molecule has 1 aliphatic rings. The molecule has 4 aromatic rings. The Morgan fingerprint density at radius 3 is 2.45 bits per heavy atom. The van der Waals surface area contributed by atoms with Crippen molar-refractivity contribution in [1.29, 1.82) is 0 Å². The van der Waals surface area contributed by atoms with E-state index < -0.39 is 0 Å². The monoisotopic (exact) mass is 380 g/mol. The van der Waals surface area contributed by atoms with E-state index in [-0.39, 0.29) is 5.91 Å². The van der Waals surface area contributed by atoms with Crippen molar-refractivity contribution in [3.05, 3.63) is 102 Å². The molecule has 0 saturated heterocycles. The van der Waals surface area contributed by atoms with Gasteiger partial charge in [-0.25, -0.2) is 4.68 Å². The quantitative estimate of drug-likeness (QED) is 0.537. The second-order valence-corrected chi connectivity index (χ2v) is 7.19. The molecule has 0 fully saturated rings. The Morgan fingerprint density at radius 2 is 1.66 bits per heavy atom. The molecule has 0 bridgehead atoms. The Morgan fingerprint density at radius 1 is 0.862 bits per heavy atom. The number of amides is 1. The zero-order valence-corrected chi connectivity index (χ0v) is 15.9. The second-order valence-electron chi connectivity index (χ2n) is 7.19. The van der Waals surface area contributed by atoms with E-state index in [9.17, 15) is 4.79 Å². The molecule has 0 atom stereocenters. The van der Waals surface area contributed by atoms with E-state index in [0.29, 0.717) is 12.1 Å². The first-order chi connectivity index (χ1) is 14.3. The highest BCUT2D eigenvalue weighted by atomic mass is 16.2. The molecule has 0 aliphatic carbocycles. The first kappa shape index (κ1) is 17.4. The summed E-state index contributed by atoms with van der Waals surface area (Å²) in [5.41, 5.74) is 5.89. The molecular formula is C24H20N4O. The van der Waals surface area contributed by atoms with Crippen molar-refractivity contribution in [1.82, 2.24) is 19.7 Å². The van der Waals surface area contributed by atoms with Crippen molar-refractivity contribution < 1.29 is 4.79 Å². The molecule has 29 heavy (non-hydrogen) atoms. The Kier molecular flexibility index (Phi) is 4.41. The predicted molar refractivity (Wildman–Crippen MR) is 112 cm³/mol. The number of carbonyl (C=O) groups is 1. The van der Waals surface area contributed by atoms with Crippen LogP contribution in [0.5, 0.6) is 0 Å². The van der Waals surface area contributed by atoms with Gasteiger partial charge in [-0.05, 0) is 41.8 Å². The van der Waals surface area contributed by atoms with E-state index in [1.807, 2.05) is 64.3 Å². The number of hydrogen-bond acceptors (Lipinski definition) is 3. The zero-order chi connectivity index (χ0) is 19.6. The lowest BCUT2D eigenvalue weighted by atomic mass is 9.99. The molecule has 2 aromatic heterocycles. The van der Waals surface area contributed by atoms with E-state index >= 15 is 0 Å². The average molecular weight is 380 g/mol. The zero-order valence-electron chi connectivity index (χ0n) is 15.9. The number of rotatable bonds is 3. The number of hydrogen-bond donors (Lipinski definition) is 0. The van der Waals surface area contributed by atoms with Crippen LogP contribution in [0.4, 0.5) is 0 Å². The van der Waals surface area contributed by atoms with Crippen LogP contribution < -0.4 is 0 Å². The van der Waals surface area contributed by atoms with E-state index in [2.05, 4.69) is 28.3 Å². The SMILES string of the molecule is O=C(c1ccc(-c2cnn(-c3ccccc3)c2)nc1)N1CCc2ccccc2C1. The minimum atomic E-state index is 0.0264. The van der Waals surface area contributed by atoms with Gasteiger partial charge in [0.05, 0.1) is 23.1 Å². The van der Waals surface area contributed by atoms with E-state index in [1.165, 1.54) is 11.1 Å². The molecule has 0 spiro atoms. The average Bonchev–Trinajstić information content (AvgIpc) is 3.29. The summed E-state index contributed by atoms with van der Waals surface area (Å²) < 4.78 is 1.82. The summed E-state index contributed by atoms with van der Waals surface area (Å²) >= 11 is 0. The summed E-state index contributed by atoms with van der Waals surface area (Å²) in [6.45, 7) is 1.39. The number of pyridine rings is 1. The fourth-order valence-electron chi connectivity index (χ4n) is 3.72. The molecule has 0 radical (unpaired) electrons. The maximum atomic E-state index is 12.9. The number of fused-ring (bicyclic) bond motifs is 1. The molecule has 5 rings (SSSR count). The maximum absolute atomic E-state index is 12.9. The van der Waals surface area contributed by atoms with Crippen molar-refractivity contribution in [2.24, 2.45) is 0 Å². The van der Waals surface area contributed by atoms with Crippen LogP contribution in [0.15, 0.2) is 85.3 Å². The fraction of sp³-hybridized carbons (Fsp3) is 0.125. The van der Waals surface area contributed by atoms with Crippen LogP contribution >= 0.6 is 0 Å². The number of aromatic nitrogens is 3. The summed E-state index contributed by atoms with van der Waals surface area (Å²) in [7, 11) is 0. The van der Waals surface area contributed by atoms with Crippen molar-refractivity contribution in [2.75, 3.05) is 6.54 Å². The van der Waals surface area contributed by atoms with Gasteiger partial charge in [0, 0.05) is 31.0 Å². The maximum Gasteiger partial charge on any atom is 0.255 e. The molecule has 2 aromatic carbocycles. The smallest absolute Gasteiger partial charge is 0.255 e. The largest absolute Gasteiger partial charge is 0.334 e. The number of para-hydroxylation sites is 1. The molecule has 5 nitrogen and oxygen atoms in total. The van der Waals surface area contributed by atoms with Gasteiger partial charge in [0.25, 0.3) is 5.91 Å². The first-order valence-corrected chi connectivity index (χ1v) is 9.70. The first-order valence-electron chi connectivity index (χ1n) is 9.70. The van der Waals surface area contributed by atoms with Gasteiger partial charge in [0.15, 0.2) is 0 Å². The molecular weight excluding hydrogens is 360 g/mol. The third-order valence-corrected chi connectivity index (χ3v) is 5.33. The lowest BCUT2D eigenvalue weighted by Crippen LogP contribution is -2.35. The number of nitrogens with zero attached hydrogens (tertiary/aromatic N) is 4. The van der Waals surface area contributed by atoms with Crippen LogP contribution in [0.3, 0.4) is 0 Å². The van der Waals surface area contributed by atoms with Crippen LogP contribution in [0.2, 0.25) is 0 Å². The normalized spacial score (nSPS) is 13.2. The molecule has 0 N–H and O–H groups in total. The van der Waals surface area contributed by atoms with Crippen LogP contribution in [0.1, 0.15) is 21.5 Å². The van der Waals surface area contributed by atoms with Crippen LogP contribution in [-0.4, -0.2) is 32.1 Å². The van der Waals surface area contributed by atoms with Crippen molar-refractivity contribution >= 4 is 5.91 Å². The minimum absolute atomic E-state index is 0.0264. The second kappa shape index (κ2) is 7.36. The topological polar surface area (TPSA) is 51.0 Å². The molecule has 3 heterocycles. The predicted octanol–water partition coefficient (Wildman–Crippen LogP) is 4.13. The Balaban J connectivity index is 1.33. The molecule has 0 unspecified atom stereocenters. The molecule has 1 amide bonds. The van der Waals surface area contributed by atoms with Gasteiger partial charge in [-0.15, -0.1) is 0 Å². The lowest BCUT2D eigenvalue weighted by Gasteiger charge is -2.28. The van der Waals surface area contributed by atoms with E-state index in [0.717, 1.165) is 29.9 Å². The molecule has 0 saturated carbocycles. The third kappa shape index (κ3) is 3.43. The summed E-state index contributed by atoms with van der Waals surface area (Å²) in [4.78, 5) is 19.3. The highest BCUT2D eigenvalue weighted by Gasteiger charge is 2.21. The highest BCUT2D eigenvalue weighted by molar-refractivity contribution is 5.94. The van der Waals surface area contributed by atoms with E-state index in [1.54, 1.807) is 12.4 Å². The van der Waals surface area contributed by atoms with Gasteiger partial charge in [0.2, 0.25) is 0 Å². The number of benzene rings is 2. The van der Waals surface area contributed by atoms with Gasteiger partial charge < -0.3 is 4.90 Å². The van der Waals surface area contributed by atoms with Crippen molar-refractivity contribution in [3.63, 3.8) is 0 Å². The van der Waals surface area contributed by atoms with Gasteiger partial charge in [-0.2, -0.15) is 5.10 Å². The standard InChI is InChI=1S/C24H20N4O/c29-24(27-13-12-18-6-4-5-7-20(18)16-27)19-10-11-23(25-14-19)21-15-26-28(17-21)22-8-2-1-3-9-22/h1-11,14-15,17H,12-13,16H2. The van der Waals surface area contributed by atoms with Crippen LogP contribution in [0.25, 0.3) is 16.9 Å². The molecule has 1 aliphatic heterocycles. The summed E-state index contributed by atoms with van der Waals surface area (Å²) in [5.74, 6) is 0.0264. The summed E-state index contributed by atoms with van der Waals surface area (Å²) in [6, 6.07) is 22.0. The van der Waals surface area contributed by atoms with Crippen LogP contribution in [0, 0.1) is 0 Å². The Bertz CT molecular complexity index is 1150. The lowest BCUT2D eigenvalue weighted by molar-refractivity contribution is 0.0734. The van der Waals surface area contributed by atoms with Gasteiger partial charge in [-0.1, -0.05) is 42.5 Å². The number of carbonyl (C=O) groups excluding carboxylic acids is 1. The summed E-state index contributed by atoms with van der Waals surface area (Å²) in [5, 5.41) is 4.42. The van der Waals surface area contributed by atoms with Crippen LogP contribution in [-0.2, 0) is 13.0 Å². The van der Waals surface area contributed by atoms with E-state index in [4.69, 9.17) is 0 Å². The summed E-state index contributed by atoms with van der Waals surface area (Å²) in [6.07, 6.45) is 6.29. The fourth-order valence-corrected chi connectivity index (χ4v) is 3.72. The van der Waals surface area contributed by atoms with Gasteiger partial charge >= 0.3 is 0 Å². The third-order valence-electron chi connectivity index (χ3n) is 5.33. The minimum Gasteiger partial charge on any atom is -0.334 e. The molecule has 142 valence electrons. The van der Waals surface area contributed by atoms with Gasteiger partial charge in [0.1, 0.15) is 0 Å². The highest BCUT2D eigenvalue weighted by Crippen LogP contribution is 2.22. The van der Waals surface area contributed by atoms with Crippen molar-refractivity contribution in [2.45, 2.75) is 13.0 Å². The van der Waals surface area contributed by atoms with Gasteiger partial charge in [-0.3, -0.25) is 9.78 Å². The van der Waals surface area contributed by atoms with Crippen molar-refractivity contribution in [3.8, 4) is 16.9 Å². The Labute approximate surface area is 169 Å².